The largest absolute Gasteiger partial charge is 0.438 e. The number of carbonyl (C=O) groups is 2. The molecule has 0 aromatic carbocycles. The fourth-order valence-corrected chi connectivity index (χ4v) is 4.35. The number of hydrogen-bond donors (Lipinski definition) is 3. The highest BCUT2D eigenvalue weighted by Gasteiger charge is 2.26. The molecule has 0 saturated heterocycles. The van der Waals surface area contributed by atoms with Crippen LogP contribution >= 0.6 is 27.3 Å². The van der Waals surface area contributed by atoms with Crippen LogP contribution in [0.15, 0.2) is 37.6 Å². The molecule has 2 amide bonds. The SMILES string of the molecule is CC(C)(C)NS(=O)(=O)c1ccc(C(=O)NNC(=O)c2ccc(Br)s2)o1. The third-order valence-electron chi connectivity index (χ3n) is 2.60. The molecule has 0 fully saturated rings. The molecule has 3 N–H and O–H groups in total. The molecule has 8 nitrogen and oxygen atoms in total. The number of sulfonamides is 1. The van der Waals surface area contributed by atoms with Crippen molar-refractivity contribution >= 4 is 49.1 Å². The second-order valence-corrected chi connectivity index (χ2v) is 10.1. The van der Waals surface area contributed by atoms with Gasteiger partial charge >= 0.3 is 5.91 Å². The van der Waals surface area contributed by atoms with E-state index in [1.54, 1.807) is 32.9 Å². The number of amides is 2. The molecule has 2 heterocycles. The van der Waals surface area contributed by atoms with Gasteiger partial charge in [-0.15, -0.1) is 11.3 Å². The number of nitrogens with one attached hydrogen (secondary N) is 3. The van der Waals surface area contributed by atoms with Gasteiger partial charge in [-0.2, -0.15) is 0 Å². The highest BCUT2D eigenvalue weighted by molar-refractivity contribution is 9.11. The molecule has 0 spiro atoms. The highest BCUT2D eigenvalue weighted by atomic mass is 79.9. The van der Waals surface area contributed by atoms with E-state index in [4.69, 9.17) is 4.42 Å². The molecule has 0 radical (unpaired) electrons. The number of thiophene rings is 1. The lowest BCUT2D eigenvalue weighted by molar-refractivity contribution is 0.0829. The van der Waals surface area contributed by atoms with Gasteiger partial charge < -0.3 is 4.42 Å². The van der Waals surface area contributed by atoms with E-state index in [-0.39, 0.29) is 10.9 Å². The van der Waals surface area contributed by atoms with E-state index in [1.165, 1.54) is 23.5 Å². The minimum Gasteiger partial charge on any atom is -0.438 e. The predicted octanol–water partition coefficient (Wildman–Crippen LogP) is 2.26. The van der Waals surface area contributed by atoms with Gasteiger partial charge in [-0.05, 0) is 61.0 Å². The molecule has 2 aromatic heterocycles. The van der Waals surface area contributed by atoms with Crippen molar-refractivity contribution in [3.63, 3.8) is 0 Å². The molecule has 0 saturated carbocycles. The Morgan fingerprint density at radius 2 is 1.72 bits per heavy atom. The van der Waals surface area contributed by atoms with Crippen LogP contribution in [0.4, 0.5) is 0 Å². The van der Waals surface area contributed by atoms with Crippen LogP contribution in [0.1, 0.15) is 41.0 Å². The van der Waals surface area contributed by atoms with Gasteiger partial charge in [-0.1, -0.05) is 0 Å². The van der Waals surface area contributed by atoms with Crippen molar-refractivity contribution in [3.05, 3.63) is 38.7 Å². The summed E-state index contributed by atoms with van der Waals surface area (Å²) in [5, 5.41) is -0.388. The Morgan fingerprint density at radius 3 is 2.28 bits per heavy atom. The summed E-state index contributed by atoms with van der Waals surface area (Å²) < 4.78 is 32.5. The van der Waals surface area contributed by atoms with Gasteiger partial charge in [-0.3, -0.25) is 20.4 Å². The first-order chi connectivity index (χ1) is 11.5. The minimum absolute atomic E-state index is 0.248. The summed E-state index contributed by atoms with van der Waals surface area (Å²) in [5.74, 6) is -1.53. The van der Waals surface area contributed by atoms with Crippen molar-refractivity contribution in [2.75, 3.05) is 0 Å². The van der Waals surface area contributed by atoms with Crippen molar-refractivity contribution in [2.45, 2.75) is 31.4 Å². The molecule has 25 heavy (non-hydrogen) atoms. The van der Waals surface area contributed by atoms with Gasteiger partial charge in [0.15, 0.2) is 5.76 Å². The summed E-state index contributed by atoms with van der Waals surface area (Å²) in [6, 6.07) is 5.67. The maximum Gasteiger partial charge on any atom is 0.305 e. The zero-order valence-corrected chi connectivity index (χ0v) is 16.8. The minimum atomic E-state index is -3.89. The van der Waals surface area contributed by atoms with Crippen LogP contribution in [0.25, 0.3) is 0 Å². The Morgan fingerprint density at radius 1 is 1.08 bits per heavy atom. The maximum absolute atomic E-state index is 12.1. The fourth-order valence-electron chi connectivity index (χ4n) is 1.71. The summed E-state index contributed by atoms with van der Waals surface area (Å²) in [7, 11) is -3.89. The topological polar surface area (TPSA) is 118 Å². The monoisotopic (exact) mass is 449 g/mol. The first-order valence-electron chi connectivity index (χ1n) is 6.98. The Kier molecular flexibility index (Phi) is 5.72. The highest BCUT2D eigenvalue weighted by Crippen LogP contribution is 2.21. The molecule has 0 bridgehead atoms. The molecule has 136 valence electrons. The zero-order valence-electron chi connectivity index (χ0n) is 13.5. The average Bonchev–Trinajstić information content (AvgIpc) is 3.11. The smallest absolute Gasteiger partial charge is 0.305 e. The van der Waals surface area contributed by atoms with E-state index in [1.807, 2.05) is 0 Å². The van der Waals surface area contributed by atoms with Gasteiger partial charge in [0.1, 0.15) is 0 Å². The normalized spacial score (nSPS) is 12.0. The van der Waals surface area contributed by atoms with Crippen molar-refractivity contribution < 1.29 is 22.4 Å². The van der Waals surface area contributed by atoms with Crippen LogP contribution in [0.5, 0.6) is 0 Å². The fraction of sp³-hybridized carbons (Fsp3) is 0.286. The van der Waals surface area contributed by atoms with Gasteiger partial charge in [0.2, 0.25) is 5.09 Å². The van der Waals surface area contributed by atoms with Crippen molar-refractivity contribution in [1.29, 1.82) is 0 Å². The van der Waals surface area contributed by atoms with Gasteiger partial charge in [0, 0.05) is 5.54 Å². The molecule has 0 atom stereocenters. The molecule has 0 unspecified atom stereocenters. The number of hydrogen-bond acceptors (Lipinski definition) is 6. The number of furan rings is 1. The maximum atomic E-state index is 12.1. The van der Waals surface area contributed by atoms with E-state index >= 15 is 0 Å². The summed E-state index contributed by atoms with van der Waals surface area (Å²) in [4.78, 5) is 24.2. The summed E-state index contributed by atoms with van der Waals surface area (Å²) in [6.45, 7) is 5.04. The average molecular weight is 450 g/mol. The van der Waals surface area contributed by atoms with Crippen LogP contribution in [0, 0.1) is 0 Å². The van der Waals surface area contributed by atoms with Crippen LogP contribution in [0.3, 0.4) is 0 Å². The van der Waals surface area contributed by atoms with E-state index in [9.17, 15) is 18.0 Å². The van der Waals surface area contributed by atoms with E-state index < -0.39 is 27.4 Å². The van der Waals surface area contributed by atoms with Crippen molar-refractivity contribution in [3.8, 4) is 0 Å². The first kappa shape index (κ1) is 19.6. The lowest BCUT2D eigenvalue weighted by atomic mass is 10.1. The molecule has 11 heteroatoms. The molecular weight excluding hydrogens is 434 g/mol. The van der Waals surface area contributed by atoms with Crippen molar-refractivity contribution in [2.24, 2.45) is 0 Å². The van der Waals surface area contributed by atoms with Crippen molar-refractivity contribution in [1.82, 2.24) is 15.6 Å². The molecule has 0 aliphatic rings. The van der Waals surface area contributed by atoms with E-state index in [0.717, 1.165) is 3.79 Å². The lowest BCUT2D eigenvalue weighted by Crippen LogP contribution is -2.41. The molecular formula is C14H16BrN3O5S2. The van der Waals surface area contributed by atoms with Crippen LogP contribution in [-0.2, 0) is 10.0 Å². The van der Waals surface area contributed by atoms with E-state index in [2.05, 4.69) is 31.5 Å². The first-order valence-corrected chi connectivity index (χ1v) is 10.1. The third-order valence-corrected chi connectivity index (χ3v) is 5.85. The quantitative estimate of drug-likeness (QED) is 0.618. The number of halogens is 1. The van der Waals surface area contributed by atoms with Gasteiger partial charge in [0.05, 0.1) is 8.66 Å². The molecule has 0 aliphatic heterocycles. The Hall–Kier alpha value is -1.69. The van der Waals surface area contributed by atoms with Gasteiger partial charge in [-0.25, -0.2) is 13.1 Å². The molecule has 2 rings (SSSR count). The molecule has 0 aliphatic carbocycles. The molecule has 2 aromatic rings. The number of hydrazine groups is 1. The standard InChI is InChI=1S/C14H16BrN3O5S2/c1-14(2,3)18-25(21,22)11-7-4-8(23-11)12(19)16-17-13(20)9-5-6-10(15)24-9/h4-7,18H,1-3H3,(H,16,19)(H,17,20). The van der Waals surface area contributed by atoms with Crippen LogP contribution in [-0.4, -0.2) is 25.8 Å². The van der Waals surface area contributed by atoms with Crippen LogP contribution in [0.2, 0.25) is 0 Å². The summed E-state index contributed by atoms with van der Waals surface area (Å²) >= 11 is 4.43. The summed E-state index contributed by atoms with van der Waals surface area (Å²) in [6.07, 6.45) is 0. The number of rotatable bonds is 4. The van der Waals surface area contributed by atoms with Gasteiger partial charge in [0.25, 0.3) is 15.9 Å². The predicted molar refractivity (Wildman–Crippen MR) is 95.7 cm³/mol. The Bertz CT molecular complexity index is 896. The third kappa shape index (κ3) is 5.39. The van der Waals surface area contributed by atoms with E-state index in [0.29, 0.717) is 4.88 Å². The Labute approximate surface area is 157 Å². The lowest BCUT2D eigenvalue weighted by Gasteiger charge is -2.18. The van der Waals surface area contributed by atoms with Crippen LogP contribution < -0.4 is 15.6 Å². The number of carbonyl (C=O) groups excluding carboxylic acids is 2. The zero-order chi connectivity index (χ0) is 18.8. The second-order valence-electron chi connectivity index (χ2n) is 5.99. The summed E-state index contributed by atoms with van der Waals surface area (Å²) in [5.41, 5.74) is 3.69. The Balaban J connectivity index is 2.02. The second kappa shape index (κ2) is 7.28.